The van der Waals surface area contributed by atoms with Gasteiger partial charge in [0.25, 0.3) is 0 Å². The molecule has 1 heterocycles. The summed E-state index contributed by atoms with van der Waals surface area (Å²) in [6, 6.07) is 27.8. The number of hydrogen-bond acceptors (Lipinski definition) is 3. The van der Waals surface area contributed by atoms with E-state index < -0.39 is 0 Å². The third-order valence-corrected chi connectivity index (χ3v) is 6.05. The summed E-state index contributed by atoms with van der Waals surface area (Å²) in [5.41, 5.74) is 3.77. The number of hydrogen-bond donors (Lipinski definition) is 0. The predicted molar refractivity (Wildman–Crippen MR) is 134 cm³/mol. The molecule has 0 aliphatic carbocycles. The van der Waals surface area contributed by atoms with E-state index in [1.807, 2.05) is 79.7 Å². The fourth-order valence-electron chi connectivity index (χ4n) is 3.25. The largest absolute Gasteiger partial charge is 0.355 e. The molecule has 0 saturated heterocycles. The second-order valence-corrected chi connectivity index (χ2v) is 8.69. The highest BCUT2D eigenvalue weighted by Gasteiger charge is 2.14. The summed E-state index contributed by atoms with van der Waals surface area (Å²) in [7, 11) is 0. The molecule has 0 bridgehead atoms. The molecular formula is C27H25N3OS. The first kappa shape index (κ1) is 21.7. The lowest BCUT2D eigenvalue weighted by Gasteiger charge is -2.02. The molecule has 0 atom stereocenters. The topological polar surface area (TPSA) is 39.8 Å². The minimum Gasteiger partial charge on any atom is -0.245 e. The van der Waals surface area contributed by atoms with Crippen molar-refractivity contribution in [2.45, 2.75) is 19.6 Å². The van der Waals surface area contributed by atoms with Crippen LogP contribution in [0.25, 0.3) is 17.5 Å². The summed E-state index contributed by atoms with van der Waals surface area (Å²) in [4.78, 5) is 14.4. The van der Waals surface area contributed by atoms with Crippen molar-refractivity contribution < 1.29 is 0 Å². The van der Waals surface area contributed by atoms with Crippen molar-refractivity contribution in [3.05, 3.63) is 129 Å². The Morgan fingerprint density at radius 3 is 2.25 bits per heavy atom. The van der Waals surface area contributed by atoms with Gasteiger partial charge in [-0.05, 0) is 54.7 Å². The van der Waals surface area contributed by atoms with Crippen molar-refractivity contribution in [3.63, 3.8) is 0 Å². The minimum atomic E-state index is -0.196. The standard InChI is InChI=1S/C27H25N3OS/c1-21-16-18-25(19-17-21)30-27(31)29(24-13-7-4-8-14-24)26(28-30)15-9-10-22(2)32-20-23-11-5-3-6-12-23/h3-19H,20H2,1-2H3/b15-9-,22-10+. The number of nitrogens with zero attached hydrogens (tertiary/aromatic N) is 3. The molecule has 0 saturated carbocycles. The van der Waals surface area contributed by atoms with Gasteiger partial charge in [-0.15, -0.1) is 16.9 Å². The van der Waals surface area contributed by atoms with Crippen LogP contribution in [0.3, 0.4) is 0 Å². The highest BCUT2D eigenvalue weighted by atomic mass is 32.2. The van der Waals surface area contributed by atoms with Crippen LogP contribution in [0.4, 0.5) is 0 Å². The van der Waals surface area contributed by atoms with Crippen LogP contribution in [-0.2, 0) is 5.75 Å². The molecule has 0 unspecified atom stereocenters. The minimum absolute atomic E-state index is 0.196. The van der Waals surface area contributed by atoms with Crippen LogP contribution in [0.5, 0.6) is 0 Å². The molecule has 4 rings (SSSR count). The van der Waals surface area contributed by atoms with E-state index in [-0.39, 0.29) is 5.69 Å². The van der Waals surface area contributed by atoms with Gasteiger partial charge in [0.05, 0.1) is 11.4 Å². The van der Waals surface area contributed by atoms with Gasteiger partial charge >= 0.3 is 5.69 Å². The first-order valence-electron chi connectivity index (χ1n) is 10.5. The van der Waals surface area contributed by atoms with E-state index in [2.05, 4.69) is 42.4 Å². The maximum atomic E-state index is 13.2. The molecule has 5 heteroatoms. The van der Waals surface area contributed by atoms with Crippen molar-refractivity contribution in [2.75, 3.05) is 0 Å². The SMILES string of the molecule is C/C(=C\C=C/c1nn(-c2ccc(C)cc2)c(=O)n1-c1ccccc1)SCc1ccccc1. The average molecular weight is 440 g/mol. The predicted octanol–water partition coefficient (Wildman–Crippen LogP) is 6.18. The third kappa shape index (κ3) is 5.18. The van der Waals surface area contributed by atoms with Gasteiger partial charge in [-0.2, -0.15) is 4.68 Å². The lowest BCUT2D eigenvalue weighted by molar-refractivity contribution is 0.828. The number of benzene rings is 3. The van der Waals surface area contributed by atoms with Crippen LogP contribution in [-0.4, -0.2) is 14.3 Å². The van der Waals surface area contributed by atoms with Crippen LogP contribution < -0.4 is 5.69 Å². The Morgan fingerprint density at radius 2 is 1.56 bits per heavy atom. The molecule has 4 nitrogen and oxygen atoms in total. The van der Waals surface area contributed by atoms with Crippen LogP contribution in [0, 0.1) is 6.92 Å². The Balaban J connectivity index is 1.62. The van der Waals surface area contributed by atoms with Crippen molar-refractivity contribution in [1.29, 1.82) is 0 Å². The fourth-order valence-corrected chi connectivity index (χ4v) is 4.02. The molecule has 0 aliphatic heterocycles. The summed E-state index contributed by atoms with van der Waals surface area (Å²) in [6.07, 6.45) is 5.89. The number of allylic oxidation sites excluding steroid dienone is 3. The summed E-state index contributed by atoms with van der Waals surface area (Å²) < 4.78 is 3.09. The highest BCUT2D eigenvalue weighted by molar-refractivity contribution is 8.02. The zero-order valence-electron chi connectivity index (χ0n) is 18.2. The van der Waals surface area contributed by atoms with Crippen LogP contribution in [0.15, 0.2) is 107 Å². The lowest BCUT2D eigenvalue weighted by Crippen LogP contribution is -2.22. The molecule has 0 N–H and O–H groups in total. The monoisotopic (exact) mass is 439 g/mol. The first-order valence-corrected chi connectivity index (χ1v) is 11.5. The van der Waals surface area contributed by atoms with Crippen molar-refractivity contribution in [1.82, 2.24) is 14.3 Å². The summed E-state index contributed by atoms with van der Waals surface area (Å²) in [5.74, 6) is 1.51. The Bertz CT molecular complexity index is 1280. The second-order valence-electron chi connectivity index (χ2n) is 7.47. The maximum absolute atomic E-state index is 13.2. The van der Waals surface area contributed by atoms with Gasteiger partial charge < -0.3 is 0 Å². The molecule has 4 aromatic rings. The molecule has 3 aromatic carbocycles. The molecular weight excluding hydrogens is 414 g/mol. The molecule has 0 radical (unpaired) electrons. The lowest BCUT2D eigenvalue weighted by atomic mass is 10.2. The average Bonchev–Trinajstić information content (AvgIpc) is 3.15. The van der Waals surface area contributed by atoms with E-state index in [4.69, 9.17) is 0 Å². The molecule has 32 heavy (non-hydrogen) atoms. The zero-order valence-corrected chi connectivity index (χ0v) is 19.0. The van der Waals surface area contributed by atoms with E-state index in [9.17, 15) is 4.79 Å². The fraction of sp³-hybridized carbons (Fsp3) is 0.111. The van der Waals surface area contributed by atoms with Gasteiger partial charge in [0.15, 0.2) is 5.82 Å². The van der Waals surface area contributed by atoms with Crippen LogP contribution in [0.2, 0.25) is 0 Å². The van der Waals surface area contributed by atoms with E-state index in [0.717, 1.165) is 22.7 Å². The summed E-state index contributed by atoms with van der Waals surface area (Å²) in [6.45, 7) is 4.11. The highest BCUT2D eigenvalue weighted by Crippen LogP contribution is 2.21. The Morgan fingerprint density at radius 1 is 0.906 bits per heavy atom. The first-order chi connectivity index (χ1) is 15.6. The maximum Gasteiger partial charge on any atom is 0.355 e. The number of rotatable bonds is 7. The molecule has 0 amide bonds. The zero-order chi connectivity index (χ0) is 22.3. The number of aromatic nitrogens is 3. The molecule has 0 aliphatic rings. The van der Waals surface area contributed by atoms with Crippen molar-refractivity contribution in [2.24, 2.45) is 0 Å². The van der Waals surface area contributed by atoms with Gasteiger partial charge in [-0.1, -0.05) is 78.4 Å². The summed E-state index contributed by atoms with van der Waals surface area (Å²) >= 11 is 1.79. The normalized spacial score (nSPS) is 11.9. The van der Waals surface area contributed by atoms with Crippen LogP contribution in [0.1, 0.15) is 23.9 Å². The van der Waals surface area contributed by atoms with E-state index >= 15 is 0 Å². The van der Waals surface area contributed by atoms with Gasteiger partial charge in [-0.3, -0.25) is 0 Å². The van der Waals surface area contributed by atoms with E-state index in [0.29, 0.717) is 5.82 Å². The number of thioether (sulfide) groups is 1. The Kier molecular flexibility index (Phi) is 6.87. The molecule has 1 aromatic heterocycles. The van der Waals surface area contributed by atoms with Crippen molar-refractivity contribution in [3.8, 4) is 11.4 Å². The number of aryl methyl sites for hydroxylation is 1. The molecule has 160 valence electrons. The smallest absolute Gasteiger partial charge is 0.245 e. The van der Waals surface area contributed by atoms with Gasteiger partial charge in [0.1, 0.15) is 0 Å². The van der Waals surface area contributed by atoms with Gasteiger partial charge in [0, 0.05) is 5.75 Å². The van der Waals surface area contributed by atoms with Gasteiger partial charge in [-0.25, -0.2) is 9.36 Å². The van der Waals surface area contributed by atoms with Crippen LogP contribution >= 0.6 is 11.8 Å². The third-order valence-electron chi connectivity index (χ3n) is 4.98. The second kappa shape index (κ2) is 10.2. The van der Waals surface area contributed by atoms with Gasteiger partial charge in [0.2, 0.25) is 0 Å². The Labute approximate surface area is 192 Å². The van der Waals surface area contributed by atoms with E-state index in [1.165, 1.54) is 15.2 Å². The summed E-state index contributed by atoms with van der Waals surface area (Å²) in [5, 5.41) is 4.62. The van der Waals surface area contributed by atoms with E-state index in [1.54, 1.807) is 16.3 Å². The quantitative estimate of drug-likeness (QED) is 0.323. The Hall–Kier alpha value is -3.57. The molecule has 0 fully saturated rings. The molecule has 0 spiro atoms. The van der Waals surface area contributed by atoms with Crippen molar-refractivity contribution >= 4 is 17.8 Å². The number of para-hydroxylation sites is 1.